The first-order chi connectivity index (χ1) is 12.6. The second kappa shape index (κ2) is 7.19. The van der Waals surface area contributed by atoms with Crippen LogP contribution in [0, 0.1) is 11.8 Å². The maximum Gasteiger partial charge on any atom is 0.306 e. The third-order valence-electron chi connectivity index (χ3n) is 5.54. The average Bonchev–Trinajstić information content (AvgIpc) is 3.16. The highest BCUT2D eigenvalue weighted by molar-refractivity contribution is 7.17. The second-order valence-corrected chi connectivity index (χ2v) is 7.95. The Morgan fingerprint density at radius 3 is 2.42 bits per heavy atom. The number of carboxylic acid groups (broad SMARTS) is 1. The zero-order chi connectivity index (χ0) is 18.1. The number of aromatic nitrogens is 2. The van der Waals surface area contributed by atoms with Gasteiger partial charge in [-0.15, -0.1) is 11.3 Å². The van der Waals surface area contributed by atoms with E-state index in [1.54, 1.807) is 17.7 Å². The van der Waals surface area contributed by atoms with Crippen molar-refractivity contribution in [3.8, 4) is 0 Å². The van der Waals surface area contributed by atoms with Crippen molar-refractivity contribution < 1.29 is 14.7 Å². The van der Waals surface area contributed by atoms with Crippen LogP contribution in [0.3, 0.4) is 0 Å². The van der Waals surface area contributed by atoms with E-state index in [-0.39, 0.29) is 17.7 Å². The van der Waals surface area contributed by atoms with Gasteiger partial charge >= 0.3 is 5.97 Å². The van der Waals surface area contributed by atoms with Gasteiger partial charge in [-0.2, -0.15) is 0 Å². The quantitative estimate of drug-likeness (QED) is 0.887. The average molecular weight is 374 g/mol. The third kappa shape index (κ3) is 3.25. The smallest absolute Gasteiger partial charge is 0.306 e. The lowest BCUT2D eigenvalue weighted by molar-refractivity contribution is -0.145. The van der Waals surface area contributed by atoms with Gasteiger partial charge in [-0.25, -0.2) is 9.97 Å². The van der Waals surface area contributed by atoms with Crippen molar-refractivity contribution in [2.75, 3.05) is 31.1 Å². The molecular formula is C18H22N4O3S. The molecule has 2 fully saturated rings. The number of rotatable bonds is 3. The molecule has 1 aliphatic carbocycles. The van der Waals surface area contributed by atoms with E-state index in [1.807, 2.05) is 16.3 Å². The van der Waals surface area contributed by atoms with E-state index in [1.165, 1.54) is 0 Å². The number of hydrogen-bond acceptors (Lipinski definition) is 6. The van der Waals surface area contributed by atoms with E-state index in [2.05, 4.69) is 14.9 Å². The summed E-state index contributed by atoms with van der Waals surface area (Å²) >= 11 is 1.64. The number of aliphatic carboxylic acids is 1. The summed E-state index contributed by atoms with van der Waals surface area (Å²) in [6, 6.07) is 2.00. The minimum absolute atomic E-state index is 0.0137. The molecule has 26 heavy (non-hydrogen) atoms. The number of carbonyl (C=O) groups excluding carboxylic acids is 1. The SMILES string of the molecule is O=C(O)C1CCC(C(=O)N2CCN(c3ncnc4ccsc34)CC2)CC1. The minimum atomic E-state index is -0.728. The summed E-state index contributed by atoms with van der Waals surface area (Å²) in [4.78, 5) is 36.8. The molecule has 1 saturated carbocycles. The van der Waals surface area contributed by atoms with Gasteiger partial charge < -0.3 is 14.9 Å². The van der Waals surface area contributed by atoms with Crippen LogP contribution in [-0.4, -0.2) is 58.0 Å². The minimum Gasteiger partial charge on any atom is -0.481 e. The van der Waals surface area contributed by atoms with Crippen LogP contribution in [0.25, 0.3) is 10.2 Å². The molecule has 1 N–H and O–H groups in total. The standard InChI is InChI=1S/C18H22N4O3S/c23-17(12-1-3-13(4-2-12)18(24)25)22-8-6-21(7-9-22)16-15-14(5-10-26-15)19-11-20-16/h5,10-13H,1-4,6-9H2,(H,24,25). The van der Waals surface area contributed by atoms with Gasteiger partial charge in [0.2, 0.25) is 5.91 Å². The van der Waals surface area contributed by atoms with Crippen molar-refractivity contribution in [3.63, 3.8) is 0 Å². The van der Waals surface area contributed by atoms with Gasteiger partial charge in [-0.05, 0) is 37.1 Å². The summed E-state index contributed by atoms with van der Waals surface area (Å²) in [5.74, 6) is 0.132. The lowest BCUT2D eigenvalue weighted by Gasteiger charge is -2.38. The Kier molecular flexibility index (Phi) is 4.76. The zero-order valence-electron chi connectivity index (χ0n) is 14.5. The van der Waals surface area contributed by atoms with E-state index in [0.717, 1.165) is 29.1 Å². The molecule has 7 nitrogen and oxygen atoms in total. The van der Waals surface area contributed by atoms with Crippen LogP contribution in [0.4, 0.5) is 5.82 Å². The summed E-state index contributed by atoms with van der Waals surface area (Å²) in [6.07, 6.45) is 4.21. The van der Waals surface area contributed by atoms with Crippen molar-refractivity contribution in [3.05, 3.63) is 17.8 Å². The first kappa shape index (κ1) is 17.2. The maximum atomic E-state index is 12.8. The van der Waals surface area contributed by atoms with E-state index in [4.69, 9.17) is 5.11 Å². The van der Waals surface area contributed by atoms with Crippen LogP contribution in [0.5, 0.6) is 0 Å². The van der Waals surface area contributed by atoms with Gasteiger partial charge in [0, 0.05) is 32.1 Å². The number of hydrogen-bond donors (Lipinski definition) is 1. The summed E-state index contributed by atoms with van der Waals surface area (Å²) in [5.41, 5.74) is 0.966. The van der Waals surface area contributed by atoms with E-state index in [9.17, 15) is 9.59 Å². The fourth-order valence-electron chi connectivity index (χ4n) is 3.99. The Morgan fingerprint density at radius 2 is 1.73 bits per heavy atom. The van der Waals surface area contributed by atoms with E-state index >= 15 is 0 Å². The van der Waals surface area contributed by atoms with Crippen LogP contribution in [0.2, 0.25) is 0 Å². The Balaban J connectivity index is 1.36. The van der Waals surface area contributed by atoms with Crippen molar-refractivity contribution in [2.45, 2.75) is 25.7 Å². The van der Waals surface area contributed by atoms with Gasteiger partial charge in [-0.1, -0.05) is 0 Å². The van der Waals surface area contributed by atoms with Gasteiger partial charge in [0.1, 0.15) is 12.1 Å². The number of carboxylic acids is 1. The molecule has 2 aromatic heterocycles. The molecule has 4 rings (SSSR count). The number of anilines is 1. The number of thiophene rings is 1. The monoisotopic (exact) mass is 374 g/mol. The molecule has 1 amide bonds. The molecular weight excluding hydrogens is 352 g/mol. The van der Waals surface area contributed by atoms with Crippen LogP contribution in [0.1, 0.15) is 25.7 Å². The van der Waals surface area contributed by atoms with Gasteiger partial charge in [0.05, 0.1) is 16.1 Å². The molecule has 2 aliphatic rings. The fourth-order valence-corrected chi connectivity index (χ4v) is 4.85. The van der Waals surface area contributed by atoms with Crippen molar-refractivity contribution in [1.29, 1.82) is 0 Å². The molecule has 0 aromatic carbocycles. The second-order valence-electron chi connectivity index (χ2n) is 7.03. The van der Waals surface area contributed by atoms with Gasteiger partial charge in [0.15, 0.2) is 0 Å². The lowest BCUT2D eigenvalue weighted by Crippen LogP contribution is -2.51. The highest BCUT2D eigenvalue weighted by Gasteiger charge is 2.33. The molecule has 0 radical (unpaired) electrons. The van der Waals surface area contributed by atoms with E-state index in [0.29, 0.717) is 38.8 Å². The molecule has 1 aliphatic heterocycles. The Labute approximate surface area is 155 Å². The number of amides is 1. The molecule has 3 heterocycles. The van der Waals surface area contributed by atoms with Crippen LogP contribution >= 0.6 is 11.3 Å². The van der Waals surface area contributed by atoms with Crippen molar-refractivity contribution in [1.82, 2.24) is 14.9 Å². The first-order valence-electron chi connectivity index (χ1n) is 9.08. The summed E-state index contributed by atoms with van der Waals surface area (Å²) in [6.45, 7) is 2.91. The van der Waals surface area contributed by atoms with Crippen molar-refractivity contribution in [2.24, 2.45) is 11.8 Å². The number of fused-ring (bicyclic) bond motifs is 1. The molecule has 8 heteroatoms. The molecule has 0 spiro atoms. The molecule has 0 bridgehead atoms. The summed E-state index contributed by atoms with van der Waals surface area (Å²) in [5, 5.41) is 11.1. The highest BCUT2D eigenvalue weighted by Crippen LogP contribution is 2.31. The molecule has 0 unspecified atom stereocenters. The predicted octanol–water partition coefficient (Wildman–Crippen LogP) is 2.23. The lowest BCUT2D eigenvalue weighted by atomic mass is 9.81. The van der Waals surface area contributed by atoms with Crippen molar-refractivity contribution >= 4 is 39.2 Å². The third-order valence-corrected chi connectivity index (χ3v) is 6.44. The van der Waals surface area contributed by atoms with E-state index < -0.39 is 5.97 Å². The number of nitrogens with zero attached hydrogens (tertiary/aromatic N) is 4. The molecule has 2 aromatic rings. The maximum absolute atomic E-state index is 12.8. The molecule has 138 valence electrons. The number of piperazine rings is 1. The van der Waals surface area contributed by atoms with Crippen LogP contribution in [-0.2, 0) is 9.59 Å². The normalized spacial score (nSPS) is 24.0. The molecule has 1 saturated heterocycles. The van der Waals surface area contributed by atoms with Crippen LogP contribution < -0.4 is 4.90 Å². The van der Waals surface area contributed by atoms with Crippen LogP contribution in [0.15, 0.2) is 17.8 Å². The highest BCUT2D eigenvalue weighted by atomic mass is 32.1. The summed E-state index contributed by atoms with van der Waals surface area (Å²) < 4.78 is 1.10. The molecule has 0 atom stereocenters. The largest absolute Gasteiger partial charge is 0.481 e. The predicted molar refractivity (Wildman–Crippen MR) is 99.3 cm³/mol. The van der Waals surface area contributed by atoms with Gasteiger partial charge in [0.25, 0.3) is 0 Å². The zero-order valence-corrected chi connectivity index (χ0v) is 15.3. The number of carbonyl (C=O) groups is 2. The fraction of sp³-hybridized carbons (Fsp3) is 0.556. The Hall–Kier alpha value is -2.22. The Morgan fingerprint density at radius 1 is 1.04 bits per heavy atom. The Bertz CT molecular complexity index is 808. The first-order valence-corrected chi connectivity index (χ1v) is 9.96. The topological polar surface area (TPSA) is 86.6 Å². The summed E-state index contributed by atoms with van der Waals surface area (Å²) in [7, 11) is 0. The van der Waals surface area contributed by atoms with Gasteiger partial charge in [-0.3, -0.25) is 9.59 Å².